The fourth-order valence-electron chi connectivity index (χ4n) is 2.80. The zero-order chi connectivity index (χ0) is 18.8. The van der Waals surface area contributed by atoms with Crippen molar-refractivity contribution in [3.8, 4) is 0 Å². The Bertz CT molecular complexity index is 834. The Balaban J connectivity index is 2.00. The van der Waals surface area contributed by atoms with Crippen molar-refractivity contribution in [1.82, 2.24) is 4.90 Å². The molecule has 0 amide bonds. The average Bonchev–Trinajstić information content (AvgIpc) is 2.63. The summed E-state index contributed by atoms with van der Waals surface area (Å²) in [6, 6.07) is 5.45. The lowest BCUT2D eigenvalue weighted by Gasteiger charge is -2.27. The zero-order valence-electron chi connectivity index (χ0n) is 14.4. The van der Waals surface area contributed by atoms with Gasteiger partial charge in [-0.15, -0.1) is 0 Å². The van der Waals surface area contributed by atoms with Crippen molar-refractivity contribution >= 4 is 23.6 Å². The zero-order valence-corrected chi connectivity index (χ0v) is 15.2. The Labute approximate surface area is 155 Å². The molecule has 0 radical (unpaired) electrons. The normalized spacial score (nSPS) is 16.8. The lowest BCUT2D eigenvalue weighted by molar-refractivity contribution is 0.0693. The summed E-state index contributed by atoms with van der Waals surface area (Å²) in [6.45, 7) is 3.19. The van der Waals surface area contributed by atoms with Gasteiger partial charge in [0.25, 0.3) is 0 Å². The molecule has 3 nitrogen and oxygen atoms in total. The highest BCUT2D eigenvalue weighted by Gasteiger charge is 2.26. The van der Waals surface area contributed by atoms with Gasteiger partial charge in [-0.2, -0.15) is 0 Å². The van der Waals surface area contributed by atoms with Crippen molar-refractivity contribution in [3.05, 3.63) is 63.4 Å². The van der Waals surface area contributed by atoms with Crippen LogP contribution in [0.5, 0.6) is 0 Å². The first-order chi connectivity index (χ1) is 12.4. The molecule has 0 aromatic heterocycles. The predicted molar refractivity (Wildman–Crippen MR) is 95.7 cm³/mol. The summed E-state index contributed by atoms with van der Waals surface area (Å²) in [6.07, 6.45) is 1.60. The maximum atomic E-state index is 13.6. The van der Waals surface area contributed by atoms with Gasteiger partial charge in [0.15, 0.2) is 17.5 Å². The molecule has 0 saturated carbocycles. The first-order valence-electron chi connectivity index (χ1n) is 8.23. The maximum absolute atomic E-state index is 13.6. The van der Waals surface area contributed by atoms with Crippen LogP contribution in [0.4, 0.5) is 18.9 Å². The molecule has 1 aliphatic rings. The topological polar surface area (TPSA) is 24.8 Å². The van der Waals surface area contributed by atoms with E-state index in [0.717, 1.165) is 24.2 Å². The van der Waals surface area contributed by atoms with E-state index in [0.29, 0.717) is 29.3 Å². The van der Waals surface area contributed by atoms with Gasteiger partial charge in [-0.3, -0.25) is 0 Å². The largest absolute Gasteiger partial charge is 0.368 e. The molecule has 138 valence electrons. The van der Waals surface area contributed by atoms with E-state index in [4.69, 9.17) is 16.3 Å². The summed E-state index contributed by atoms with van der Waals surface area (Å²) < 4.78 is 46.1. The fourth-order valence-corrected chi connectivity index (χ4v) is 3.02. The SMILES string of the molecule is CCN(C)C=Nc1cc2c(cc1Cl)C(c1cc(F)c(F)c(F)c1)OCC2. The second-order valence-electron chi connectivity index (χ2n) is 6.12. The van der Waals surface area contributed by atoms with Crippen LogP contribution in [0.1, 0.15) is 29.7 Å². The highest BCUT2D eigenvalue weighted by molar-refractivity contribution is 6.33. The summed E-state index contributed by atoms with van der Waals surface area (Å²) >= 11 is 6.33. The van der Waals surface area contributed by atoms with Crippen LogP contribution in [-0.2, 0) is 11.2 Å². The number of nitrogens with zero attached hydrogens (tertiary/aromatic N) is 2. The van der Waals surface area contributed by atoms with Crippen molar-refractivity contribution < 1.29 is 17.9 Å². The van der Waals surface area contributed by atoms with E-state index in [-0.39, 0.29) is 5.56 Å². The Morgan fingerprint density at radius 1 is 1.23 bits per heavy atom. The average molecular weight is 383 g/mol. The van der Waals surface area contributed by atoms with E-state index in [1.165, 1.54) is 0 Å². The smallest absolute Gasteiger partial charge is 0.194 e. The van der Waals surface area contributed by atoms with E-state index in [9.17, 15) is 13.2 Å². The molecule has 0 aliphatic carbocycles. The Kier molecular flexibility index (Phi) is 5.53. The Hall–Kier alpha value is -2.05. The Morgan fingerprint density at radius 3 is 2.58 bits per heavy atom. The molecule has 0 saturated heterocycles. The van der Waals surface area contributed by atoms with Crippen molar-refractivity contribution in [2.75, 3.05) is 20.2 Å². The minimum atomic E-state index is -1.49. The number of aliphatic imine (C=N–C) groups is 1. The molecule has 1 unspecified atom stereocenters. The molecule has 0 bridgehead atoms. The van der Waals surface area contributed by atoms with Crippen LogP contribution >= 0.6 is 11.6 Å². The van der Waals surface area contributed by atoms with Crippen molar-refractivity contribution in [2.24, 2.45) is 4.99 Å². The number of rotatable bonds is 4. The third-order valence-electron chi connectivity index (χ3n) is 4.35. The number of hydrogen-bond donors (Lipinski definition) is 0. The van der Waals surface area contributed by atoms with Crippen LogP contribution in [0.15, 0.2) is 29.3 Å². The molecule has 1 aliphatic heterocycles. The minimum absolute atomic E-state index is 0.209. The first kappa shape index (κ1) is 18.7. The van der Waals surface area contributed by atoms with Gasteiger partial charge in [-0.25, -0.2) is 18.2 Å². The number of halogens is 4. The van der Waals surface area contributed by atoms with Gasteiger partial charge in [0.05, 0.1) is 23.7 Å². The summed E-state index contributed by atoms with van der Waals surface area (Å²) in [4.78, 5) is 6.29. The first-order valence-corrected chi connectivity index (χ1v) is 8.61. The molecular formula is C19H18ClF3N2O. The van der Waals surface area contributed by atoms with E-state index >= 15 is 0 Å². The molecule has 3 rings (SSSR count). The minimum Gasteiger partial charge on any atom is -0.368 e. The van der Waals surface area contributed by atoms with Crippen LogP contribution < -0.4 is 0 Å². The molecule has 7 heteroatoms. The number of fused-ring (bicyclic) bond motifs is 1. The van der Waals surface area contributed by atoms with Gasteiger partial charge < -0.3 is 9.64 Å². The second-order valence-corrected chi connectivity index (χ2v) is 6.53. The van der Waals surface area contributed by atoms with Gasteiger partial charge in [0, 0.05) is 13.6 Å². The molecular weight excluding hydrogens is 365 g/mol. The third-order valence-corrected chi connectivity index (χ3v) is 4.65. The fraction of sp³-hybridized carbons (Fsp3) is 0.316. The molecule has 0 spiro atoms. The summed E-state index contributed by atoms with van der Waals surface area (Å²) in [7, 11) is 1.90. The van der Waals surface area contributed by atoms with Gasteiger partial charge in [-0.1, -0.05) is 11.6 Å². The molecule has 1 heterocycles. The second kappa shape index (κ2) is 7.68. The van der Waals surface area contributed by atoms with Crippen molar-refractivity contribution in [2.45, 2.75) is 19.4 Å². The number of hydrogen-bond acceptors (Lipinski definition) is 2. The van der Waals surface area contributed by atoms with Crippen molar-refractivity contribution in [1.29, 1.82) is 0 Å². The molecule has 2 aromatic rings. The van der Waals surface area contributed by atoms with Crippen LogP contribution in [0.3, 0.4) is 0 Å². The van der Waals surface area contributed by atoms with E-state index < -0.39 is 23.6 Å². The summed E-state index contributed by atoms with van der Waals surface area (Å²) in [5.74, 6) is -3.98. The summed E-state index contributed by atoms with van der Waals surface area (Å²) in [5, 5.41) is 0.406. The van der Waals surface area contributed by atoms with E-state index in [1.807, 2.05) is 24.9 Å². The predicted octanol–water partition coefficient (Wildman–Crippen LogP) is 5.03. The highest BCUT2D eigenvalue weighted by Crippen LogP contribution is 2.39. The Morgan fingerprint density at radius 2 is 1.92 bits per heavy atom. The molecule has 2 aromatic carbocycles. The van der Waals surface area contributed by atoms with E-state index in [2.05, 4.69) is 4.99 Å². The van der Waals surface area contributed by atoms with Gasteiger partial charge in [-0.05, 0) is 54.3 Å². The van der Waals surface area contributed by atoms with E-state index in [1.54, 1.807) is 12.4 Å². The van der Waals surface area contributed by atoms with Crippen LogP contribution in [-0.4, -0.2) is 31.4 Å². The lowest BCUT2D eigenvalue weighted by atomic mass is 9.92. The molecule has 0 N–H and O–H groups in total. The lowest BCUT2D eigenvalue weighted by Crippen LogP contribution is -2.18. The van der Waals surface area contributed by atoms with Crippen LogP contribution in [0, 0.1) is 17.5 Å². The van der Waals surface area contributed by atoms with Crippen molar-refractivity contribution in [3.63, 3.8) is 0 Å². The number of benzene rings is 2. The quantitative estimate of drug-likeness (QED) is 0.421. The number of ether oxygens (including phenoxy) is 1. The van der Waals surface area contributed by atoms with Crippen LogP contribution in [0.25, 0.3) is 0 Å². The summed E-state index contributed by atoms with van der Waals surface area (Å²) in [5.41, 5.74) is 2.46. The molecule has 26 heavy (non-hydrogen) atoms. The maximum Gasteiger partial charge on any atom is 0.194 e. The highest BCUT2D eigenvalue weighted by atomic mass is 35.5. The standard InChI is InChI=1S/C19H18ClF3N2O/c1-3-25(2)10-24-17-8-11-4-5-26-19(13(11)9-14(17)20)12-6-15(21)18(23)16(22)7-12/h6-10,19H,3-5H2,1-2H3. The third kappa shape index (κ3) is 3.71. The molecule has 0 fully saturated rings. The monoisotopic (exact) mass is 382 g/mol. The molecule has 1 atom stereocenters. The van der Waals surface area contributed by atoms with Gasteiger partial charge in [0.1, 0.15) is 6.10 Å². The van der Waals surface area contributed by atoms with Gasteiger partial charge in [0.2, 0.25) is 0 Å². The van der Waals surface area contributed by atoms with Crippen LogP contribution in [0.2, 0.25) is 5.02 Å². The van der Waals surface area contributed by atoms with Gasteiger partial charge >= 0.3 is 0 Å².